The summed E-state index contributed by atoms with van der Waals surface area (Å²) >= 11 is 0. The molecule has 7 nitrogen and oxygen atoms in total. The average molecular weight is 465 g/mol. The van der Waals surface area contributed by atoms with Crippen LogP contribution in [0.1, 0.15) is 25.7 Å². The minimum absolute atomic E-state index is 0. The maximum atomic E-state index is 11.9. The zero-order chi connectivity index (χ0) is 17.7. The zero-order valence-corrected chi connectivity index (χ0v) is 18.2. The van der Waals surface area contributed by atoms with Crippen LogP contribution in [-0.2, 0) is 9.59 Å². The quantitative estimate of drug-likeness (QED) is 0.380. The van der Waals surface area contributed by atoms with E-state index in [2.05, 4.69) is 15.2 Å². The number of nitrogens with zero attached hydrogens (tertiary/aromatic N) is 4. The number of amides is 2. The minimum Gasteiger partial charge on any atom is -0.347 e. The van der Waals surface area contributed by atoms with Gasteiger partial charge in [-0.2, -0.15) is 0 Å². The van der Waals surface area contributed by atoms with E-state index in [1.807, 2.05) is 0 Å². The second-order valence-corrected chi connectivity index (χ2v) is 7.28. The maximum absolute atomic E-state index is 11.9. The van der Waals surface area contributed by atoms with E-state index in [4.69, 9.17) is 0 Å². The summed E-state index contributed by atoms with van der Waals surface area (Å²) in [5, 5.41) is 3.16. The lowest BCUT2D eigenvalue weighted by Gasteiger charge is -2.23. The van der Waals surface area contributed by atoms with Crippen molar-refractivity contribution in [1.29, 1.82) is 0 Å². The Labute approximate surface area is 168 Å². The van der Waals surface area contributed by atoms with Crippen LogP contribution in [-0.4, -0.2) is 86.8 Å². The highest BCUT2D eigenvalue weighted by Gasteiger charge is 2.35. The van der Waals surface area contributed by atoms with Crippen LogP contribution in [0.25, 0.3) is 0 Å². The number of likely N-dealkylation sites (tertiary alicyclic amines) is 1. The number of fused-ring (bicyclic) bond motifs is 1. The average Bonchev–Trinajstić information content (AvgIpc) is 2.97. The van der Waals surface area contributed by atoms with E-state index >= 15 is 0 Å². The first kappa shape index (κ1) is 22.0. The van der Waals surface area contributed by atoms with E-state index < -0.39 is 0 Å². The number of carbonyl (C=O) groups is 2. The first-order valence-electron chi connectivity index (χ1n) is 8.82. The standard InChI is InChI=1S/C17H31N5O2.HI/c1-20(2)15(23)9-18-17(19-10-16(24)21(3)4)22-11-13-7-5-6-8-14(13)12-22;/h13-14H,5-12H2,1-4H3,(H,18,19);1H. The second kappa shape index (κ2) is 10.2. The summed E-state index contributed by atoms with van der Waals surface area (Å²) in [6, 6.07) is 0. The molecule has 0 aromatic heterocycles. The molecule has 1 aliphatic heterocycles. The molecule has 144 valence electrons. The van der Waals surface area contributed by atoms with E-state index in [-0.39, 0.29) is 48.9 Å². The smallest absolute Gasteiger partial charge is 0.243 e. The zero-order valence-electron chi connectivity index (χ0n) is 15.8. The molecule has 0 aromatic carbocycles. The molecule has 1 heterocycles. The first-order chi connectivity index (χ1) is 11.4. The molecule has 8 heteroatoms. The van der Waals surface area contributed by atoms with Crippen molar-refractivity contribution < 1.29 is 9.59 Å². The number of rotatable bonds is 4. The molecule has 1 aliphatic carbocycles. The molecule has 0 bridgehead atoms. The van der Waals surface area contributed by atoms with Gasteiger partial charge < -0.3 is 20.0 Å². The fourth-order valence-corrected chi connectivity index (χ4v) is 3.44. The van der Waals surface area contributed by atoms with Gasteiger partial charge in [0.15, 0.2) is 5.96 Å². The summed E-state index contributed by atoms with van der Waals surface area (Å²) in [5.74, 6) is 2.09. The summed E-state index contributed by atoms with van der Waals surface area (Å²) in [4.78, 5) is 33.5. The fourth-order valence-electron chi connectivity index (χ4n) is 3.44. The van der Waals surface area contributed by atoms with Gasteiger partial charge in [-0.15, -0.1) is 24.0 Å². The van der Waals surface area contributed by atoms with E-state index in [9.17, 15) is 9.59 Å². The third kappa shape index (κ3) is 6.31. The normalized spacial score (nSPS) is 22.7. The van der Waals surface area contributed by atoms with Gasteiger partial charge >= 0.3 is 0 Å². The lowest BCUT2D eigenvalue weighted by atomic mass is 9.82. The Hall–Kier alpha value is -1.06. The molecule has 2 unspecified atom stereocenters. The van der Waals surface area contributed by atoms with Gasteiger partial charge in [0, 0.05) is 41.3 Å². The molecular formula is C17H32IN5O2. The molecule has 1 saturated heterocycles. The number of guanidine groups is 1. The molecule has 2 aliphatic rings. The van der Waals surface area contributed by atoms with Crippen LogP contribution in [0.4, 0.5) is 0 Å². The van der Waals surface area contributed by atoms with Gasteiger partial charge in [-0.05, 0) is 24.7 Å². The van der Waals surface area contributed by atoms with Crippen molar-refractivity contribution in [3.05, 3.63) is 0 Å². The molecule has 1 N–H and O–H groups in total. The Morgan fingerprint density at radius 1 is 1.00 bits per heavy atom. The van der Waals surface area contributed by atoms with Crippen LogP contribution in [0.5, 0.6) is 0 Å². The Kier molecular flexibility index (Phi) is 8.95. The third-order valence-electron chi connectivity index (χ3n) is 5.04. The summed E-state index contributed by atoms with van der Waals surface area (Å²) in [7, 11) is 6.93. The topological polar surface area (TPSA) is 68.2 Å². The largest absolute Gasteiger partial charge is 0.347 e. The molecule has 2 rings (SSSR count). The molecule has 0 aromatic rings. The Bertz CT molecular complexity index is 481. The fraction of sp³-hybridized carbons (Fsp3) is 0.824. The minimum atomic E-state index is -0.0372. The van der Waals surface area contributed by atoms with Crippen molar-refractivity contribution in [2.24, 2.45) is 16.8 Å². The van der Waals surface area contributed by atoms with E-state index in [0.29, 0.717) is 5.96 Å². The summed E-state index contributed by atoms with van der Waals surface area (Å²) in [5.41, 5.74) is 0. The first-order valence-corrected chi connectivity index (χ1v) is 8.82. The van der Waals surface area contributed by atoms with Crippen LogP contribution in [0, 0.1) is 11.8 Å². The predicted octanol–water partition coefficient (Wildman–Crippen LogP) is 0.848. The van der Waals surface area contributed by atoms with Crippen molar-refractivity contribution in [2.75, 3.05) is 54.4 Å². The molecule has 0 radical (unpaired) electrons. The lowest BCUT2D eigenvalue weighted by molar-refractivity contribution is -0.127. The maximum Gasteiger partial charge on any atom is 0.243 e. The highest BCUT2D eigenvalue weighted by molar-refractivity contribution is 14.0. The number of hydrogen-bond donors (Lipinski definition) is 1. The number of aliphatic imine (C=N–C) groups is 1. The van der Waals surface area contributed by atoms with Crippen LogP contribution in [0.15, 0.2) is 4.99 Å². The number of hydrogen-bond acceptors (Lipinski definition) is 3. The van der Waals surface area contributed by atoms with Crippen molar-refractivity contribution >= 4 is 41.8 Å². The van der Waals surface area contributed by atoms with Gasteiger partial charge in [0.1, 0.15) is 6.54 Å². The third-order valence-corrected chi connectivity index (χ3v) is 5.04. The van der Waals surface area contributed by atoms with Gasteiger partial charge in [-0.25, -0.2) is 4.99 Å². The van der Waals surface area contributed by atoms with Gasteiger partial charge in [-0.1, -0.05) is 12.8 Å². The summed E-state index contributed by atoms with van der Waals surface area (Å²) in [6.45, 7) is 2.26. The van der Waals surface area contributed by atoms with Crippen LogP contribution >= 0.6 is 24.0 Å². The van der Waals surface area contributed by atoms with Crippen LogP contribution < -0.4 is 5.32 Å². The monoisotopic (exact) mass is 465 g/mol. The van der Waals surface area contributed by atoms with Crippen molar-refractivity contribution in [3.8, 4) is 0 Å². The lowest BCUT2D eigenvalue weighted by Crippen LogP contribution is -2.45. The highest BCUT2D eigenvalue weighted by Crippen LogP contribution is 2.35. The number of halogens is 1. The van der Waals surface area contributed by atoms with Gasteiger partial charge in [0.05, 0.1) is 6.54 Å². The summed E-state index contributed by atoms with van der Waals surface area (Å²) < 4.78 is 0. The summed E-state index contributed by atoms with van der Waals surface area (Å²) in [6.07, 6.45) is 5.18. The molecular weight excluding hydrogens is 433 g/mol. The Morgan fingerprint density at radius 3 is 2.00 bits per heavy atom. The molecule has 25 heavy (non-hydrogen) atoms. The predicted molar refractivity (Wildman–Crippen MR) is 110 cm³/mol. The van der Waals surface area contributed by atoms with Crippen molar-refractivity contribution in [3.63, 3.8) is 0 Å². The number of carbonyl (C=O) groups excluding carboxylic acids is 2. The Balaban J connectivity index is 0.00000312. The van der Waals surface area contributed by atoms with Crippen LogP contribution in [0.2, 0.25) is 0 Å². The molecule has 2 atom stereocenters. The van der Waals surface area contributed by atoms with E-state index in [0.717, 1.165) is 24.9 Å². The Morgan fingerprint density at radius 2 is 1.52 bits per heavy atom. The molecule has 2 amide bonds. The van der Waals surface area contributed by atoms with Crippen LogP contribution in [0.3, 0.4) is 0 Å². The van der Waals surface area contributed by atoms with Gasteiger partial charge in [0.2, 0.25) is 11.8 Å². The van der Waals surface area contributed by atoms with Crippen molar-refractivity contribution in [1.82, 2.24) is 20.0 Å². The van der Waals surface area contributed by atoms with Gasteiger partial charge in [-0.3, -0.25) is 9.59 Å². The number of likely N-dealkylation sites (N-methyl/N-ethyl adjacent to an activating group) is 2. The SMILES string of the molecule is CN(C)C(=O)CN=C(NCC(=O)N(C)C)N1CC2CCCCC2C1.I. The van der Waals surface area contributed by atoms with Crippen molar-refractivity contribution in [2.45, 2.75) is 25.7 Å². The number of nitrogens with one attached hydrogen (secondary N) is 1. The highest BCUT2D eigenvalue weighted by atomic mass is 127. The molecule has 1 saturated carbocycles. The second-order valence-electron chi connectivity index (χ2n) is 7.28. The molecule has 0 spiro atoms. The van der Waals surface area contributed by atoms with Gasteiger partial charge in [0.25, 0.3) is 0 Å². The van der Waals surface area contributed by atoms with E-state index in [1.54, 1.807) is 33.1 Å². The van der Waals surface area contributed by atoms with E-state index in [1.165, 1.54) is 30.6 Å². The molecule has 2 fully saturated rings.